The van der Waals surface area contributed by atoms with Gasteiger partial charge >= 0.3 is 0 Å². The molecule has 3 aromatic rings. The Balaban J connectivity index is 1.34. The Hall–Kier alpha value is -5.30. The van der Waals surface area contributed by atoms with Crippen molar-refractivity contribution in [2.45, 2.75) is 63.3 Å². The molecule has 1 aliphatic carbocycles. The maximum atomic E-state index is 14.3. The zero-order valence-corrected chi connectivity index (χ0v) is 29.2. The molecule has 274 valence electrons. The SMILES string of the molecule is Cc1cc(F)cc(C(=O)N2C[C@@H]3NC(=O)[C@H](Cc4ccccc4)NC(=O)CN(CC4CC4)C(=O)[C@H]([C@@H](C)O)NC(=O)COc4cccc(c4)[C@H]3C2)c1. The third kappa shape index (κ3) is 9.13. The fourth-order valence-corrected chi connectivity index (χ4v) is 6.88. The van der Waals surface area contributed by atoms with Crippen molar-refractivity contribution in [3.05, 3.63) is 101 Å². The van der Waals surface area contributed by atoms with Crippen molar-refractivity contribution in [1.82, 2.24) is 25.8 Å². The zero-order valence-electron chi connectivity index (χ0n) is 29.2. The Bertz CT molecular complexity index is 1800. The van der Waals surface area contributed by atoms with E-state index in [0.29, 0.717) is 16.9 Å². The van der Waals surface area contributed by atoms with E-state index in [2.05, 4.69) is 16.0 Å². The van der Waals surface area contributed by atoms with Gasteiger partial charge in [0, 0.05) is 37.5 Å². The first-order valence-corrected chi connectivity index (χ1v) is 17.6. The fourth-order valence-electron chi connectivity index (χ4n) is 6.88. The zero-order chi connectivity index (χ0) is 36.9. The normalized spacial score (nSPS) is 23.7. The summed E-state index contributed by atoms with van der Waals surface area (Å²) in [6.45, 7) is 2.78. The number of nitrogens with one attached hydrogen (secondary N) is 3. The predicted molar refractivity (Wildman–Crippen MR) is 189 cm³/mol. The van der Waals surface area contributed by atoms with Crippen LogP contribution in [0.4, 0.5) is 4.39 Å². The minimum Gasteiger partial charge on any atom is -0.484 e. The second-order valence-corrected chi connectivity index (χ2v) is 14.1. The van der Waals surface area contributed by atoms with Gasteiger partial charge in [-0.1, -0.05) is 42.5 Å². The first kappa shape index (κ1) is 36.5. The summed E-state index contributed by atoms with van der Waals surface area (Å²) in [4.78, 5) is 71.3. The summed E-state index contributed by atoms with van der Waals surface area (Å²) in [5.41, 5.74) is 2.29. The van der Waals surface area contributed by atoms with Crippen LogP contribution >= 0.6 is 0 Å². The highest BCUT2D eigenvalue weighted by molar-refractivity contribution is 5.95. The number of aliphatic hydroxyl groups excluding tert-OH is 1. The lowest BCUT2D eigenvalue weighted by atomic mass is 9.93. The topological polar surface area (TPSA) is 157 Å². The van der Waals surface area contributed by atoms with E-state index in [-0.39, 0.29) is 37.5 Å². The molecule has 5 atom stereocenters. The molecule has 13 heteroatoms. The van der Waals surface area contributed by atoms with Crippen molar-refractivity contribution in [2.75, 3.05) is 32.8 Å². The van der Waals surface area contributed by atoms with E-state index in [9.17, 15) is 33.5 Å². The molecule has 3 aliphatic rings. The van der Waals surface area contributed by atoms with Crippen LogP contribution in [0.1, 0.15) is 52.7 Å². The van der Waals surface area contributed by atoms with Crippen LogP contribution in [-0.4, -0.2) is 101 Å². The highest BCUT2D eigenvalue weighted by atomic mass is 19.1. The number of likely N-dealkylation sites (tertiary alicyclic amines) is 1. The van der Waals surface area contributed by atoms with Gasteiger partial charge in [-0.15, -0.1) is 0 Å². The molecule has 0 spiro atoms. The lowest BCUT2D eigenvalue weighted by Gasteiger charge is -2.30. The monoisotopic (exact) mass is 713 g/mol. The smallest absolute Gasteiger partial charge is 0.258 e. The van der Waals surface area contributed by atoms with Gasteiger partial charge in [0.25, 0.3) is 11.8 Å². The van der Waals surface area contributed by atoms with Crippen LogP contribution in [0.3, 0.4) is 0 Å². The van der Waals surface area contributed by atoms with E-state index in [4.69, 9.17) is 4.74 Å². The number of rotatable bonds is 6. The van der Waals surface area contributed by atoms with Crippen molar-refractivity contribution >= 4 is 29.5 Å². The Morgan fingerprint density at radius 1 is 0.942 bits per heavy atom. The number of ether oxygens (including phenoxy) is 1. The van der Waals surface area contributed by atoms with Crippen LogP contribution in [0.5, 0.6) is 5.75 Å². The number of carbonyl (C=O) groups is 5. The number of fused-ring (bicyclic) bond motifs is 4. The third-order valence-electron chi connectivity index (χ3n) is 9.70. The Morgan fingerprint density at radius 3 is 2.42 bits per heavy atom. The number of aryl methyl sites for hydroxylation is 1. The fraction of sp³-hybridized carbons (Fsp3) is 0.410. The van der Waals surface area contributed by atoms with E-state index in [1.54, 1.807) is 36.1 Å². The lowest BCUT2D eigenvalue weighted by molar-refractivity contribution is -0.143. The minimum absolute atomic E-state index is 0.106. The molecule has 2 aliphatic heterocycles. The summed E-state index contributed by atoms with van der Waals surface area (Å²) in [7, 11) is 0. The van der Waals surface area contributed by atoms with Crippen molar-refractivity contribution in [1.29, 1.82) is 0 Å². The van der Waals surface area contributed by atoms with Crippen LogP contribution in [0, 0.1) is 18.7 Å². The molecule has 0 aromatic heterocycles. The molecule has 6 rings (SSSR count). The molecule has 5 amide bonds. The molecule has 52 heavy (non-hydrogen) atoms. The number of halogens is 1. The van der Waals surface area contributed by atoms with Crippen molar-refractivity contribution in [3.8, 4) is 5.75 Å². The molecular weight excluding hydrogens is 669 g/mol. The van der Waals surface area contributed by atoms with Gasteiger partial charge in [-0.25, -0.2) is 4.39 Å². The molecule has 2 fully saturated rings. The third-order valence-corrected chi connectivity index (χ3v) is 9.70. The molecule has 4 N–H and O–H groups in total. The average Bonchev–Trinajstić information content (AvgIpc) is 3.84. The van der Waals surface area contributed by atoms with Gasteiger partial charge < -0.3 is 35.6 Å². The molecule has 12 nitrogen and oxygen atoms in total. The number of amides is 5. The number of hydrogen-bond donors (Lipinski definition) is 4. The lowest BCUT2D eigenvalue weighted by Crippen LogP contribution is -2.58. The van der Waals surface area contributed by atoms with Gasteiger partial charge in [0.05, 0.1) is 18.7 Å². The first-order valence-electron chi connectivity index (χ1n) is 17.6. The first-order chi connectivity index (χ1) is 24.9. The van der Waals surface area contributed by atoms with Crippen LogP contribution in [-0.2, 0) is 25.6 Å². The number of nitrogens with zero attached hydrogens (tertiary/aromatic N) is 2. The van der Waals surface area contributed by atoms with E-state index in [0.717, 1.165) is 18.4 Å². The highest BCUT2D eigenvalue weighted by Crippen LogP contribution is 2.32. The average molecular weight is 714 g/mol. The Kier molecular flexibility index (Phi) is 11.2. The second-order valence-electron chi connectivity index (χ2n) is 14.1. The van der Waals surface area contributed by atoms with E-state index in [1.807, 2.05) is 36.4 Å². The summed E-state index contributed by atoms with van der Waals surface area (Å²) in [5.74, 6) is -3.16. The molecule has 1 saturated carbocycles. The largest absolute Gasteiger partial charge is 0.484 e. The van der Waals surface area contributed by atoms with E-state index in [1.165, 1.54) is 24.0 Å². The van der Waals surface area contributed by atoms with Crippen LogP contribution in [0.25, 0.3) is 0 Å². The molecule has 1 saturated heterocycles. The van der Waals surface area contributed by atoms with Gasteiger partial charge in [-0.05, 0) is 79.6 Å². The quantitative estimate of drug-likeness (QED) is 0.305. The summed E-state index contributed by atoms with van der Waals surface area (Å²) >= 11 is 0. The van der Waals surface area contributed by atoms with Crippen molar-refractivity contribution in [2.24, 2.45) is 5.92 Å². The Labute approximate surface area is 301 Å². The molecule has 0 radical (unpaired) electrons. The molecule has 2 heterocycles. The van der Waals surface area contributed by atoms with Crippen LogP contribution in [0.2, 0.25) is 0 Å². The maximum absolute atomic E-state index is 14.3. The molecule has 2 bridgehead atoms. The predicted octanol–water partition coefficient (Wildman–Crippen LogP) is 2.08. The van der Waals surface area contributed by atoms with Crippen LogP contribution < -0.4 is 20.7 Å². The highest BCUT2D eigenvalue weighted by Gasteiger charge is 2.40. The number of carbonyl (C=O) groups excluding carboxylic acids is 5. The minimum atomic E-state index is -1.33. The molecular formula is C39H44FN5O7. The van der Waals surface area contributed by atoms with E-state index < -0.39 is 78.7 Å². The van der Waals surface area contributed by atoms with E-state index >= 15 is 0 Å². The maximum Gasteiger partial charge on any atom is 0.258 e. The Morgan fingerprint density at radius 2 is 1.71 bits per heavy atom. The standard InChI is InChI=1S/C39H44FN5O7/c1-23-13-28(16-29(40)14-23)38(50)45-19-31-27-9-6-10-30(17-27)52-22-35(48)43-36(24(2)46)39(51)44(18-26-11-12-26)21-34(47)41-32(37(49)42-33(31)20-45)15-25-7-4-3-5-8-25/h3-10,13-14,16-17,24,26,31-33,36,46H,11-12,15,18-22H2,1-2H3,(H,41,47)(H,42,49)(H,43,48)/t24-,31-,32+,33+,36+/m1/s1. The number of benzene rings is 3. The number of aliphatic hydroxyl groups is 1. The second kappa shape index (κ2) is 15.9. The van der Waals surface area contributed by atoms with Gasteiger partial charge in [0.15, 0.2) is 6.61 Å². The van der Waals surface area contributed by atoms with Gasteiger partial charge in [-0.2, -0.15) is 0 Å². The van der Waals surface area contributed by atoms with Gasteiger partial charge in [-0.3, -0.25) is 24.0 Å². The number of hydrogen-bond acceptors (Lipinski definition) is 7. The summed E-state index contributed by atoms with van der Waals surface area (Å²) in [6.07, 6.45) is 0.634. The summed E-state index contributed by atoms with van der Waals surface area (Å²) in [5, 5.41) is 19.1. The van der Waals surface area contributed by atoms with Gasteiger partial charge in [0.1, 0.15) is 23.7 Å². The summed E-state index contributed by atoms with van der Waals surface area (Å²) < 4.78 is 20.1. The molecule has 3 aromatic carbocycles. The molecule has 0 unspecified atom stereocenters. The summed E-state index contributed by atoms with van der Waals surface area (Å²) in [6, 6.07) is 17.3. The van der Waals surface area contributed by atoms with Crippen molar-refractivity contribution in [3.63, 3.8) is 0 Å². The van der Waals surface area contributed by atoms with Gasteiger partial charge in [0.2, 0.25) is 17.7 Å². The van der Waals surface area contributed by atoms with Crippen molar-refractivity contribution < 1.29 is 38.2 Å². The van der Waals surface area contributed by atoms with Crippen LogP contribution in [0.15, 0.2) is 72.8 Å².